The number of aryl methyl sites for hydroxylation is 1. The number of hydrogen-bond acceptors (Lipinski definition) is 2. The number of benzene rings is 9. The van der Waals surface area contributed by atoms with E-state index in [1.54, 1.807) is 0 Å². The Bertz CT molecular complexity index is 2970. The number of furan rings is 1. The van der Waals surface area contributed by atoms with Gasteiger partial charge < -0.3 is 9.32 Å². The summed E-state index contributed by atoms with van der Waals surface area (Å²) in [5, 5.41) is 6.16. The molecule has 260 valence electrons. The van der Waals surface area contributed by atoms with Gasteiger partial charge in [-0.2, -0.15) is 0 Å². The largest absolute Gasteiger partial charge is 0.456 e. The van der Waals surface area contributed by atoms with Crippen molar-refractivity contribution >= 4 is 49.6 Å². The van der Waals surface area contributed by atoms with Crippen LogP contribution in [0.25, 0.3) is 77.2 Å². The first-order valence-corrected chi connectivity index (χ1v) is 18.8. The van der Waals surface area contributed by atoms with Crippen molar-refractivity contribution in [2.75, 3.05) is 4.90 Å². The highest BCUT2D eigenvalue weighted by Gasteiger charge is 2.17. The van der Waals surface area contributed by atoms with E-state index in [0.717, 1.165) is 44.9 Å². The standard InChI is InChI=1S/C53H37NO/c1-36-49-16-6-7-19-52(49)55-53(36)45-14-8-15-48(35-45)54(47-32-28-40(29-33-47)44-25-22-37-10-2-3-12-43(37)34-44)46-30-26-39(27-31-46)38-20-23-42(24-21-38)51-18-9-13-41-11-4-5-17-50(41)51/h2-35H,1H3. The van der Waals surface area contributed by atoms with Gasteiger partial charge in [-0.25, -0.2) is 0 Å². The molecular weight excluding hydrogens is 667 g/mol. The Hall–Kier alpha value is -7.16. The summed E-state index contributed by atoms with van der Waals surface area (Å²) in [5.74, 6) is 0.900. The summed E-state index contributed by atoms with van der Waals surface area (Å²) in [6.45, 7) is 2.14. The normalized spacial score (nSPS) is 11.4. The van der Waals surface area contributed by atoms with Gasteiger partial charge in [-0.05, 0) is 110 Å². The third-order valence-electron chi connectivity index (χ3n) is 10.9. The van der Waals surface area contributed by atoms with Crippen LogP contribution in [0.1, 0.15) is 5.56 Å². The van der Waals surface area contributed by atoms with Crippen LogP contribution in [-0.4, -0.2) is 0 Å². The lowest BCUT2D eigenvalue weighted by Crippen LogP contribution is -2.10. The maximum atomic E-state index is 6.43. The quantitative estimate of drug-likeness (QED) is 0.164. The minimum absolute atomic E-state index is 0.900. The molecule has 0 saturated heterocycles. The molecule has 10 aromatic rings. The number of anilines is 3. The summed E-state index contributed by atoms with van der Waals surface area (Å²) in [7, 11) is 0. The maximum Gasteiger partial charge on any atom is 0.138 e. The zero-order valence-corrected chi connectivity index (χ0v) is 30.5. The van der Waals surface area contributed by atoms with Gasteiger partial charge in [-0.15, -0.1) is 0 Å². The molecule has 0 saturated carbocycles. The predicted octanol–water partition coefficient (Wildman–Crippen LogP) is 15.2. The smallest absolute Gasteiger partial charge is 0.138 e. The third kappa shape index (κ3) is 6.04. The predicted molar refractivity (Wildman–Crippen MR) is 232 cm³/mol. The van der Waals surface area contributed by atoms with E-state index >= 15 is 0 Å². The van der Waals surface area contributed by atoms with E-state index in [4.69, 9.17) is 4.42 Å². The fourth-order valence-electron chi connectivity index (χ4n) is 7.98. The lowest BCUT2D eigenvalue weighted by molar-refractivity contribution is 0.629. The fourth-order valence-corrected chi connectivity index (χ4v) is 7.98. The van der Waals surface area contributed by atoms with Gasteiger partial charge in [-0.1, -0.05) is 158 Å². The van der Waals surface area contributed by atoms with E-state index in [0.29, 0.717) is 0 Å². The van der Waals surface area contributed by atoms with Gasteiger partial charge in [0.25, 0.3) is 0 Å². The van der Waals surface area contributed by atoms with E-state index in [-0.39, 0.29) is 0 Å². The summed E-state index contributed by atoms with van der Waals surface area (Å²) in [6.07, 6.45) is 0. The number of rotatable bonds is 7. The number of para-hydroxylation sites is 1. The summed E-state index contributed by atoms with van der Waals surface area (Å²) in [5.41, 5.74) is 13.5. The van der Waals surface area contributed by atoms with Gasteiger partial charge in [0, 0.05) is 33.6 Å². The molecule has 0 aliphatic rings. The van der Waals surface area contributed by atoms with Crippen LogP contribution in [0.5, 0.6) is 0 Å². The lowest BCUT2D eigenvalue weighted by atomic mass is 9.96. The molecule has 0 amide bonds. The molecule has 1 heterocycles. The summed E-state index contributed by atoms with van der Waals surface area (Å²) in [4.78, 5) is 2.33. The molecule has 0 fully saturated rings. The van der Waals surface area contributed by atoms with Crippen molar-refractivity contribution in [1.82, 2.24) is 0 Å². The maximum absolute atomic E-state index is 6.43. The third-order valence-corrected chi connectivity index (χ3v) is 10.9. The number of fused-ring (bicyclic) bond motifs is 3. The monoisotopic (exact) mass is 703 g/mol. The first-order valence-electron chi connectivity index (χ1n) is 18.8. The molecule has 2 nitrogen and oxygen atoms in total. The molecular formula is C53H37NO. The Morgan fingerprint density at radius 1 is 0.345 bits per heavy atom. The number of hydrogen-bond donors (Lipinski definition) is 0. The second-order valence-electron chi connectivity index (χ2n) is 14.2. The summed E-state index contributed by atoms with van der Waals surface area (Å²) in [6, 6.07) is 74.0. The van der Waals surface area contributed by atoms with Gasteiger partial charge in [0.05, 0.1) is 0 Å². The molecule has 0 atom stereocenters. The second kappa shape index (κ2) is 13.7. The molecule has 0 aliphatic carbocycles. The first-order chi connectivity index (χ1) is 27.2. The minimum atomic E-state index is 0.900. The summed E-state index contributed by atoms with van der Waals surface area (Å²) >= 11 is 0. The molecule has 9 aromatic carbocycles. The molecule has 0 N–H and O–H groups in total. The molecule has 0 bridgehead atoms. The topological polar surface area (TPSA) is 16.4 Å². The zero-order chi connectivity index (χ0) is 36.7. The zero-order valence-electron chi connectivity index (χ0n) is 30.5. The van der Waals surface area contributed by atoms with Gasteiger partial charge >= 0.3 is 0 Å². The van der Waals surface area contributed by atoms with Gasteiger partial charge in [-0.3, -0.25) is 0 Å². The van der Waals surface area contributed by atoms with Crippen molar-refractivity contribution in [3.05, 3.63) is 212 Å². The fraction of sp³-hybridized carbons (Fsp3) is 0.0189. The highest BCUT2D eigenvalue weighted by atomic mass is 16.3. The Kier molecular flexibility index (Phi) is 8.08. The van der Waals surface area contributed by atoms with Crippen molar-refractivity contribution in [1.29, 1.82) is 0 Å². The van der Waals surface area contributed by atoms with E-state index < -0.39 is 0 Å². The van der Waals surface area contributed by atoms with Crippen molar-refractivity contribution in [2.24, 2.45) is 0 Å². The average molecular weight is 704 g/mol. The van der Waals surface area contributed by atoms with Crippen molar-refractivity contribution in [3.8, 4) is 44.7 Å². The molecule has 0 spiro atoms. The Labute approximate surface area is 321 Å². The first kappa shape index (κ1) is 32.5. The molecule has 0 radical (unpaired) electrons. The molecule has 2 heteroatoms. The average Bonchev–Trinajstić information content (AvgIpc) is 3.60. The Balaban J connectivity index is 1.02. The SMILES string of the molecule is Cc1c(-c2cccc(N(c3ccc(-c4ccc(-c5cccc6ccccc56)cc4)cc3)c3ccc(-c4ccc5ccccc5c4)cc3)c2)oc2ccccc12. The highest BCUT2D eigenvalue weighted by Crippen LogP contribution is 2.41. The van der Waals surface area contributed by atoms with Crippen LogP contribution in [0.15, 0.2) is 211 Å². The molecule has 55 heavy (non-hydrogen) atoms. The molecule has 0 aliphatic heterocycles. The van der Waals surface area contributed by atoms with E-state index in [2.05, 4.69) is 206 Å². The highest BCUT2D eigenvalue weighted by molar-refractivity contribution is 5.97. The van der Waals surface area contributed by atoms with Crippen molar-refractivity contribution in [2.45, 2.75) is 6.92 Å². The van der Waals surface area contributed by atoms with E-state index in [9.17, 15) is 0 Å². The van der Waals surface area contributed by atoms with Crippen LogP contribution >= 0.6 is 0 Å². The van der Waals surface area contributed by atoms with Crippen LogP contribution < -0.4 is 4.90 Å². The summed E-state index contributed by atoms with van der Waals surface area (Å²) < 4.78 is 6.43. The van der Waals surface area contributed by atoms with Crippen LogP contribution in [0, 0.1) is 6.92 Å². The Morgan fingerprint density at radius 2 is 0.891 bits per heavy atom. The van der Waals surface area contributed by atoms with Crippen LogP contribution in [0.4, 0.5) is 17.1 Å². The van der Waals surface area contributed by atoms with Crippen molar-refractivity contribution < 1.29 is 4.42 Å². The van der Waals surface area contributed by atoms with Crippen molar-refractivity contribution in [3.63, 3.8) is 0 Å². The molecule has 10 rings (SSSR count). The van der Waals surface area contributed by atoms with Crippen LogP contribution in [-0.2, 0) is 0 Å². The second-order valence-corrected chi connectivity index (χ2v) is 14.2. The molecule has 0 unspecified atom stereocenters. The van der Waals surface area contributed by atoms with Gasteiger partial charge in [0.1, 0.15) is 11.3 Å². The van der Waals surface area contributed by atoms with Crippen LogP contribution in [0.3, 0.4) is 0 Å². The number of nitrogens with zero attached hydrogens (tertiary/aromatic N) is 1. The van der Waals surface area contributed by atoms with Gasteiger partial charge in [0.2, 0.25) is 0 Å². The van der Waals surface area contributed by atoms with E-state index in [1.807, 2.05) is 12.1 Å². The molecule has 1 aromatic heterocycles. The minimum Gasteiger partial charge on any atom is -0.456 e. The van der Waals surface area contributed by atoms with E-state index in [1.165, 1.54) is 54.9 Å². The van der Waals surface area contributed by atoms with Crippen LogP contribution in [0.2, 0.25) is 0 Å². The Morgan fingerprint density at radius 3 is 1.62 bits per heavy atom. The lowest BCUT2D eigenvalue weighted by Gasteiger charge is -2.26. The van der Waals surface area contributed by atoms with Gasteiger partial charge in [0.15, 0.2) is 0 Å².